The molecule has 1 aliphatic heterocycles. The van der Waals surface area contributed by atoms with E-state index in [4.69, 9.17) is 0 Å². The van der Waals surface area contributed by atoms with Crippen LogP contribution in [0, 0.1) is 15.9 Å². The van der Waals surface area contributed by atoms with Crippen molar-refractivity contribution >= 4 is 44.9 Å². The number of hydrogen-bond acceptors (Lipinski definition) is 13. The van der Waals surface area contributed by atoms with Crippen molar-refractivity contribution in [1.82, 2.24) is 24.8 Å². The van der Waals surface area contributed by atoms with Gasteiger partial charge in [-0.15, -0.1) is 22.0 Å². The van der Waals surface area contributed by atoms with Crippen molar-refractivity contribution in [2.75, 3.05) is 48.7 Å². The Morgan fingerprint density at radius 3 is 2.44 bits per heavy atom. The van der Waals surface area contributed by atoms with Crippen LogP contribution in [-0.4, -0.2) is 82.9 Å². The SMILES string of the molecule is O=C(NS(=O)(=O)c1ccc(NCCSc2ccccc2)c([N+](=O)[O-])c1)c1ccc(N2CCN(Cc3ccc(-c4cncc(O)c4)c(F)c3)CC2)nn1. The lowest BCUT2D eigenvalue weighted by Crippen LogP contribution is -2.46. The first kappa shape index (κ1) is 36.2. The maximum absolute atomic E-state index is 14.9. The molecule has 1 saturated heterocycles. The minimum absolute atomic E-state index is 0.0418. The number of carbonyl (C=O) groups is 1. The smallest absolute Gasteiger partial charge is 0.293 e. The summed E-state index contributed by atoms with van der Waals surface area (Å²) in [5.41, 5.74) is 1.08. The summed E-state index contributed by atoms with van der Waals surface area (Å²) in [5, 5.41) is 32.5. The highest BCUT2D eigenvalue weighted by Crippen LogP contribution is 2.29. The average Bonchev–Trinajstić information content (AvgIpc) is 3.14. The number of nitro benzene ring substituents is 1. The Balaban J connectivity index is 1.01. The molecular weight excluding hydrogens is 712 g/mol. The molecule has 1 amide bonds. The number of anilines is 2. The molecule has 0 atom stereocenters. The molecule has 0 aliphatic carbocycles. The number of aromatic hydroxyl groups is 1. The fraction of sp³-hybridized carbons (Fsp3) is 0.200. The van der Waals surface area contributed by atoms with Gasteiger partial charge in [-0.3, -0.25) is 24.8 Å². The Kier molecular flexibility index (Phi) is 11.2. The van der Waals surface area contributed by atoms with Crippen LogP contribution in [-0.2, 0) is 16.6 Å². The monoisotopic (exact) mass is 744 g/mol. The van der Waals surface area contributed by atoms with Gasteiger partial charge in [-0.2, -0.15) is 0 Å². The predicted octanol–water partition coefficient (Wildman–Crippen LogP) is 4.94. The van der Waals surface area contributed by atoms with Gasteiger partial charge in [0.2, 0.25) is 0 Å². The van der Waals surface area contributed by atoms with E-state index in [1.54, 1.807) is 23.9 Å². The van der Waals surface area contributed by atoms with Gasteiger partial charge in [0.25, 0.3) is 21.6 Å². The third kappa shape index (κ3) is 8.98. The lowest BCUT2D eigenvalue weighted by molar-refractivity contribution is -0.384. The van der Waals surface area contributed by atoms with Crippen LogP contribution >= 0.6 is 11.8 Å². The minimum atomic E-state index is -4.48. The lowest BCUT2D eigenvalue weighted by atomic mass is 10.0. The van der Waals surface area contributed by atoms with Gasteiger partial charge in [-0.1, -0.05) is 30.3 Å². The molecule has 1 fully saturated rings. The van der Waals surface area contributed by atoms with Gasteiger partial charge < -0.3 is 15.3 Å². The summed E-state index contributed by atoms with van der Waals surface area (Å²) in [5.74, 6) is -0.375. The molecule has 1 aliphatic rings. The van der Waals surface area contributed by atoms with Crippen LogP contribution in [0.25, 0.3) is 11.1 Å². The van der Waals surface area contributed by atoms with Crippen molar-refractivity contribution in [2.45, 2.75) is 16.3 Å². The molecule has 5 aromatic rings. The molecule has 268 valence electrons. The highest BCUT2D eigenvalue weighted by molar-refractivity contribution is 7.99. The number of nitrogens with one attached hydrogen (secondary N) is 2. The molecule has 3 aromatic carbocycles. The van der Waals surface area contributed by atoms with E-state index in [1.807, 2.05) is 46.0 Å². The molecule has 0 bridgehead atoms. The summed E-state index contributed by atoms with van der Waals surface area (Å²) in [6, 6.07) is 22.4. The number of amides is 1. The second-order valence-electron chi connectivity index (χ2n) is 11.7. The zero-order chi connectivity index (χ0) is 36.7. The molecule has 0 radical (unpaired) electrons. The topological polar surface area (TPSA) is 184 Å². The molecule has 3 heterocycles. The maximum atomic E-state index is 14.9. The van der Waals surface area contributed by atoms with Crippen LogP contribution in [0.3, 0.4) is 0 Å². The van der Waals surface area contributed by atoms with E-state index in [0.29, 0.717) is 62.0 Å². The molecular formula is C35H33FN8O6S2. The normalized spacial score (nSPS) is 13.4. The summed E-state index contributed by atoms with van der Waals surface area (Å²) >= 11 is 1.57. The number of benzene rings is 3. The second kappa shape index (κ2) is 16.1. The van der Waals surface area contributed by atoms with Crippen LogP contribution in [0.1, 0.15) is 16.1 Å². The minimum Gasteiger partial charge on any atom is -0.506 e. The summed E-state index contributed by atoms with van der Waals surface area (Å²) in [6.45, 7) is 3.38. The van der Waals surface area contributed by atoms with E-state index < -0.39 is 37.3 Å². The van der Waals surface area contributed by atoms with E-state index >= 15 is 0 Å². The van der Waals surface area contributed by atoms with Crippen molar-refractivity contribution in [2.24, 2.45) is 0 Å². The number of nitrogens with zero attached hydrogens (tertiary/aromatic N) is 6. The summed E-state index contributed by atoms with van der Waals surface area (Å²) in [6.07, 6.45) is 2.77. The van der Waals surface area contributed by atoms with Crippen LogP contribution in [0.4, 0.5) is 21.6 Å². The van der Waals surface area contributed by atoms with Crippen LogP contribution < -0.4 is 14.9 Å². The largest absolute Gasteiger partial charge is 0.506 e. The van der Waals surface area contributed by atoms with Gasteiger partial charge in [0, 0.05) is 73.3 Å². The number of pyridine rings is 1. The fourth-order valence-corrected chi connectivity index (χ4v) is 7.33. The lowest BCUT2D eigenvalue weighted by Gasteiger charge is -2.35. The van der Waals surface area contributed by atoms with E-state index in [1.165, 1.54) is 42.7 Å². The number of thioether (sulfide) groups is 1. The van der Waals surface area contributed by atoms with Crippen LogP contribution in [0.15, 0.2) is 107 Å². The molecule has 0 spiro atoms. The van der Waals surface area contributed by atoms with E-state index in [2.05, 4.69) is 25.4 Å². The van der Waals surface area contributed by atoms with Crippen molar-refractivity contribution < 1.29 is 27.6 Å². The molecule has 17 heteroatoms. The molecule has 52 heavy (non-hydrogen) atoms. The first-order valence-electron chi connectivity index (χ1n) is 16.1. The number of piperazine rings is 1. The molecule has 0 saturated carbocycles. The first-order chi connectivity index (χ1) is 25.1. The Bertz CT molecular complexity index is 2170. The summed E-state index contributed by atoms with van der Waals surface area (Å²) in [7, 11) is -4.48. The highest BCUT2D eigenvalue weighted by Gasteiger charge is 2.25. The Labute approximate surface area is 302 Å². The quantitative estimate of drug-likeness (QED) is 0.0639. The fourth-order valence-electron chi connectivity index (χ4n) is 5.56. The standard InChI is InChI=1S/C35H33FN8O6S2/c36-30-18-24(6-8-29(30)25-19-26(45)22-37-21-25)23-42-13-15-43(16-14-42)34-11-10-32(39-40-34)35(46)41-52(49,50)28-7-9-31(33(20-28)44(47)48)38-12-17-51-27-4-2-1-3-5-27/h1-11,18-22,38,45H,12-17,23H2,(H,41,46). The van der Waals surface area contributed by atoms with E-state index in [-0.39, 0.29) is 17.1 Å². The first-order valence-corrected chi connectivity index (χ1v) is 18.5. The summed E-state index contributed by atoms with van der Waals surface area (Å²) < 4.78 is 42.9. The molecule has 6 rings (SSSR count). The third-order valence-electron chi connectivity index (χ3n) is 8.19. The maximum Gasteiger partial charge on any atom is 0.293 e. The van der Waals surface area contributed by atoms with Gasteiger partial charge in [-0.25, -0.2) is 17.5 Å². The zero-order valence-electron chi connectivity index (χ0n) is 27.6. The highest BCUT2D eigenvalue weighted by atomic mass is 32.2. The van der Waals surface area contributed by atoms with Gasteiger partial charge in [0.1, 0.15) is 17.3 Å². The number of nitro groups is 1. The summed E-state index contributed by atoms with van der Waals surface area (Å²) in [4.78, 5) is 32.6. The van der Waals surface area contributed by atoms with Crippen LogP contribution in [0.5, 0.6) is 5.75 Å². The third-order valence-corrected chi connectivity index (χ3v) is 10.5. The Hall–Kier alpha value is -5.65. The number of carbonyl (C=O) groups excluding carboxylic acids is 1. The number of aromatic nitrogens is 3. The molecule has 3 N–H and O–H groups in total. The zero-order valence-corrected chi connectivity index (χ0v) is 29.2. The van der Waals surface area contributed by atoms with Gasteiger partial charge >= 0.3 is 0 Å². The van der Waals surface area contributed by atoms with Crippen molar-refractivity contribution in [3.05, 3.63) is 125 Å². The average molecular weight is 745 g/mol. The van der Waals surface area contributed by atoms with E-state index in [9.17, 15) is 32.8 Å². The number of hydrogen-bond donors (Lipinski definition) is 3. The molecule has 0 unspecified atom stereocenters. The van der Waals surface area contributed by atoms with Crippen molar-refractivity contribution in [3.63, 3.8) is 0 Å². The van der Waals surface area contributed by atoms with Crippen LogP contribution in [0.2, 0.25) is 0 Å². The second-order valence-corrected chi connectivity index (χ2v) is 14.6. The van der Waals surface area contributed by atoms with Gasteiger partial charge in [0.05, 0.1) is 16.0 Å². The molecule has 2 aromatic heterocycles. The number of halogens is 1. The molecule has 14 nitrogen and oxygen atoms in total. The predicted molar refractivity (Wildman–Crippen MR) is 194 cm³/mol. The van der Waals surface area contributed by atoms with Crippen molar-refractivity contribution in [3.8, 4) is 16.9 Å². The Morgan fingerprint density at radius 1 is 0.962 bits per heavy atom. The van der Waals surface area contributed by atoms with Gasteiger partial charge in [-0.05, 0) is 54.1 Å². The number of rotatable bonds is 13. The number of sulfonamides is 1. The van der Waals surface area contributed by atoms with E-state index in [0.717, 1.165) is 16.5 Å². The Morgan fingerprint density at radius 2 is 1.75 bits per heavy atom. The van der Waals surface area contributed by atoms with Gasteiger partial charge in [0.15, 0.2) is 11.5 Å². The van der Waals surface area contributed by atoms with Crippen molar-refractivity contribution in [1.29, 1.82) is 0 Å².